The van der Waals surface area contributed by atoms with E-state index in [4.69, 9.17) is 9.47 Å². The van der Waals surface area contributed by atoms with E-state index < -0.39 is 5.60 Å². The lowest BCUT2D eigenvalue weighted by Gasteiger charge is -2.24. The van der Waals surface area contributed by atoms with Crippen LogP contribution in [0, 0.1) is 0 Å². The molecule has 1 aliphatic rings. The second kappa shape index (κ2) is 4.07. The van der Waals surface area contributed by atoms with Crippen LogP contribution in [0.1, 0.15) is 20.8 Å². The fourth-order valence-electron chi connectivity index (χ4n) is 1.17. The van der Waals surface area contributed by atoms with Crippen LogP contribution in [0.15, 0.2) is 0 Å². The zero-order valence-electron chi connectivity index (χ0n) is 8.50. The Kier molecular flexibility index (Phi) is 3.27. The first kappa shape index (κ1) is 10.5. The van der Waals surface area contributed by atoms with Crippen molar-refractivity contribution in [3.8, 4) is 0 Å². The highest BCUT2D eigenvalue weighted by Crippen LogP contribution is 2.07. The molecule has 1 rings (SSSR count). The topological polar surface area (TPSA) is 52.1 Å². The molecule has 1 heterocycles. The summed E-state index contributed by atoms with van der Waals surface area (Å²) < 4.78 is 10.4. The second-order valence-electron chi connectivity index (χ2n) is 4.24. The van der Waals surface area contributed by atoms with Crippen LogP contribution in [0.3, 0.4) is 0 Å². The van der Waals surface area contributed by atoms with Crippen molar-refractivity contribution in [1.82, 2.24) is 0 Å². The second-order valence-corrected chi connectivity index (χ2v) is 4.24. The van der Waals surface area contributed by atoms with Gasteiger partial charge in [0, 0.05) is 0 Å². The Morgan fingerprint density at radius 1 is 1.54 bits per heavy atom. The van der Waals surface area contributed by atoms with Crippen LogP contribution in [-0.4, -0.2) is 37.4 Å². The quantitative estimate of drug-likeness (QED) is 0.553. The first-order valence-corrected chi connectivity index (χ1v) is 4.63. The van der Waals surface area contributed by atoms with E-state index in [1.54, 1.807) is 0 Å². The third kappa shape index (κ3) is 3.74. The number of hydrogen-bond acceptors (Lipinski definition) is 3. The van der Waals surface area contributed by atoms with Crippen molar-refractivity contribution in [1.29, 1.82) is 0 Å². The van der Waals surface area contributed by atoms with E-state index in [9.17, 15) is 4.79 Å². The molecule has 0 amide bonds. The highest BCUT2D eigenvalue weighted by atomic mass is 16.6. The molecule has 4 heteroatoms. The Labute approximate surface area is 78.6 Å². The van der Waals surface area contributed by atoms with Crippen LogP contribution >= 0.6 is 0 Å². The Morgan fingerprint density at radius 3 is 2.69 bits per heavy atom. The van der Waals surface area contributed by atoms with E-state index >= 15 is 0 Å². The van der Waals surface area contributed by atoms with Crippen molar-refractivity contribution >= 4 is 5.97 Å². The maximum Gasteiger partial charge on any atom is 0.367 e. The molecule has 0 aliphatic carbocycles. The molecule has 0 aromatic heterocycles. The van der Waals surface area contributed by atoms with Gasteiger partial charge < -0.3 is 14.8 Å². The van der Waals surface area contributed by atoms with Crippen molar-refractivity contribution in [2.45, 2.75) is 32.4 Å². The van der Waals surface area contributed by atoms with E-state index in [1.807, 2.05) is 26.1 Å². The average molecular weight is 188 g/mol. The van der Waals surface area contributed by atoms with Crippen LogP contribution in [0.4, 0.5) is 0 Å². The van der Waals surface area contributed by atoms with Crippen LogP contribution in [0.5, 0.6) is 0 Å². The molecule has 1 fully saturated rings. The predicted octanol–water partition coefficient (Wildman–Crippen LogP) is -0.710. The number of nitrogens with two attached hydrogens (primary N) is 1. The molecule has 4 nitrogen and oxygen atoms in total. The Morgan fingerprint density at radius 2 is 2.23 bits per heavy atom. The van der Waals surface area contributed by atoms with Crippen molar-refractivity contribution in [3.05, 3.63) is 0 Å². The smallest absolute Gasteiger partial charge is 0.367 e. The average Bonchev–Trinajstić information content (AvgIpc) is 2.03. The SMILES string of the molecule is CC(C)(C)OC(=O)C1COCC[NH2+]1. The lowest BCUT2D eigenvalue weighted by molar-refractivity contribution is -0.693. The highest BCUT2D eigenvalue weighted by Gasteiger charge is 2.29. The number of hydrogen-bond donors (Lipinski definition) is 1. The normalized spacial score (nSPS) is 24.1. The third-order valence-corrected chi connectivity index (χ3v) is 1.72. The Hall–Kier alpha value is -0.610. The van der Waals surface area contributed by atoms with E-state index in [1.165, 1.54) is 0 Å². The predicted molar refractivity (Wildman–Crippen MR) is 47.2 cm³/mol. The van der Waals surface area contributed by atoms with Crippen molar-refractivity contribution in [3.63, 3.8) is 0 Å². The minimum absolute atomic E-state index is 0.173. The van der Waals surface area contributed by atoms with E-state index in [0.717, 1.165) is 13.2 Å². The highest BCUT2D eigenvalue weighted by molar-refractivity contribution is 5.74. The van der Waals surface area contributed by atoms with E-state index in [2.05, 4.69) is 0 Å². The van der Waals surface area contributed by atoms with Crippen LogP contribution in [-0.2, 0) is 14.3 Å². The zero-order valence-corrected chi connectivity index (χ0v) is 8.50. The van der Waals surface area contributed by atoms with Gasteiger partial charge in [-0.3, -0.25) is 0 Å². The summed E-state index contributed by atoms with van der Waals surface area (Å²) in [7, 11) is 0. The Bertz CT molecular complexity index is 180. The van der Waals surface area contributed by atoms with Gasteiger partial charge in [0.1, 0.15) is 12.2 Å². The molecule has 0 spiro atoms. The fraction of sp³-hybridized carbons (Fsp3) is 0.889. The monoisotopic (exact) mass is 188 g/mol. The molecule has 13 heavy (non-hydrogen) atoms. The molecule has 1 aliphatic heterocycles. The molecular weight excluding hydrogens is 170 g/mol. The maximum atomic E-state index is 11.5. The summed E-state index contributed by atoms with van der Waals surface area (Å²) in [4.78, 5) is 11.5. The molecule has 1 atom stereocenters. The molecule has 1 saturated heterocycles. The summed E-state index contributed by atoms with van der Waals surface area (Å²) in [5, 5.41) is 1.97. The fourth-order valence-corrected chi connectivity index (χ4v) is 1.17. The van der Waals surface area contributed by atoms with E-state index in [-0.39, 0.29) is 12.0 Å². The van der Waals surface area contributed by atoms with Crippen LogP contribution in [0.25, 0.3) is 0 Å². The number of carbonyl (C=O) groups excluding carboxylic acids is 1. The zero-order chi connectivity index (χ0) is 9.90. The van der Waals surface area contributed by atoms with Crippen molar-refractivity contribution in [2.75, 3.05) is 19.8 Å². The summed E-state index contributed by atoms with van der Waals surface area (Å²) in [6, 6.07) is -0.173. The van der Waals surface area contributed by atoms with Gasteiger partial charge in [-0.2, -0.15) is 0 Å². The first-order valence-electron chi connectivity index (χ1n) is 4.63. The number of quaternary nitrogens is 1. The summed E-state index contributed by atoms with van der Waals surface area (Å²) in [5.41, 5.74) is -0.400. The lowest BCUT2D eigenvalue weighted by Crippen LogP contribution is -2.95. The summed E-state index contributed by atoms with van der Waals surface area (Å²) >= 11 is 0. The molecule has 0 radical (unpaired) electrons. The van der Waals surface area contributed by atoms with Gasteiger partial charge in [0.15, 0.2) is 0 Å². The minimum Gasteiger partial charge on any atom is -0.456 e. The summed E-state index contributed by atoms with van der Waals surface area (Å²) in [6.45, 7) is 7.63. The number of carbonyl (C=O) groups is 1. The van der Waals surface area contributed by atoms with Gasteiger partial charge >= 0.3 is 5.97 Å². The summed E-state index contributed by atoms with van der Waals surface area (Å²) in [6.07, 6.45) is 0. The van der Waals surface area contributed by atoms with Crippen molar-refractivity contribution in [2.24, 2.45) is 0 Å². The standard InChI is InChI=1S/C9H17NO3/c1-9(2,3)13-8(11)7-6-12-5-4-10-7/h7,10H,4-6H2,1-3H3/p+1. The number of esters is 1. The van der Waals surface area contributed by atoms with Crippen LogP contribution < -0.4 is 5.32 Å². The van der Waals surface area contributed by atoms with Gasteiger partial charge in [-0.15, -0.1) is 0 Å². The summed E-state index contributed by atoms with van der Waals surface area (Å²) in [5.74, 6) is -0.174. The van der Waals surface area contributed by atoms with Gasteiger partial charge in [0.2, 0.25) is 6.04 Å². The lowest BCUT2D eigenvalue weighted by atomic mass is 10.2. The largest absolute Gasteiger partial charge is 0.456 e. The molecule has 0 saturated carbocycles. The first-order chi connectivity index (χ1) is 5.99. The third-order valence-electron chi connectivity index (χ3n) is 1.72. The Balaban J connectivity index is 2.38. The molecule has 1 unspecified atom stereocenters. The minimum atomic E-state index is -0.400. The maximum absolute atomic E-state index is 11.5. The number of ether oxygens (including phenoxy) is 2. The molecule has 0 aromatic rings. The van der Waals surface area contributed by atoms with Gasteiger partial charge in [-0.1, -0.05) is 0 Å². The molecule has 0 bridgehead atoms. The molecule has 2 N–H and O–H groups in total. The number of rotatable bonds is 1. The molecule has 0 aromatic carbocycles. The van der Waals surface area contributed by atoms with Gasteiger partial charge in [-0.05, 0) is 20.8 Å². The van der Waals surface area contributed by atoms with Gasteiger partial charge in [0.25, 0.3) is 0 Å². The molecular formula is C9H18NO3+. The number of morpholine rings is 1. The van der Waals surface area contributed by atoms with E-state index in [0.29, 0.717) is 6.61 Å². The van der Waals surface area contributed by atoms with Gasteiger partial charge in [-0.25, -0.2) is 4.79 Å². The molecule has 76 valence electrons. The van der Waals surface area contributed by atoms with Crippen LogP contribution in [0.2, 0.25) is 0 Å². The van der Waals surface area contributed by atoms with Crippen molar-refractivity contribution < 1.29 is 19.6 Å². The van der Waals surface area contributed by atoms with Gasteiger partial charge in [0.05, 0.1) is 13.2 Å².